The van der Waals surface area contributed by atoms with Crippen LogP contribution in [0.1, 0.15) is 16.4 Å². The molecule has 3 nitrogen and oxygen atoms in total. The summed E-state index contributed by atoms with van der Waals surface area (Å²) in [6.07, 6.45) is 0. The number of nitrogens with two attached hydrogens (primary N) is 1. The Labute approximate surface area is 152 Å². The first kappa shape index (κ1) is 17.1. The Morgan fingerprint density at radius 2 is 1.72 bits per heavy atom. The number of nitrogens with one attached hydrogen (secondary N) is 1. The van der Waals surface area contributed by atoms with Gasteiger partial charge in [-0.15, -0.1) is 11.8 Å². The number of carbonyl (C=O) groups excluding carboxylic acids is 1. The van der Waals surface area contributed by atoms with E-state index in [2.05, 4.69) is 5.32 Å². The number of nitrogen functional groups attached to an aromatic ring is 1. The molecule has 3 aromatic carbocycles. The Morgan fingerprint density at radius 3 is 2.44 bits per heavy atom. The van der Waals surface area contributed by atoms with Crippen LogP contribution in [-0.4, -0.2) is 5.91 Å². The lowest BCUT2D eigenvalue weighted by Crippen LogP contribution is -2.19. The van der Waals surface area contributed by atoms with Gasteiger partial charge in [0, 0.05) is 16.3 Å². The van der Waals surface area contributed by atoms with Gasteiger partial charge in [0.15, 0.2) is 0 Å². The first-order valence-corrected chi connectivity index (χ1v) is 8.94. The van der Waals surface area contributed by atoms with Crippen molar-refractivity contribution in [3.63, 3.8) is 0 Å². The first-order valence-electron chi connectivity index (χ1n) is 8.06. The maximum Gasteiger partial charge on any atom is 0.242 e. The molecule has 1 atom stereocenters. The van der Waals surface area contributed by atoms with Gasteiger partial charge in [-0.2, -0.15) is 0 Å². The van der Waals surface area contributed by atoms with Crippen LogP contribution in [-0.2, 0) is 4.79 Å². The van der Waals surface area contributed by atoms with Gasteiger partial charge in [-0.05, 0) is 48.4 Å². The fraction of sp³-hybridized carbons (Fsp3) is 0.0952. The van der Waals surface area contributed by atoms with E-state index >= 15 is 0 Å². The van der Waals surface area contributed by atoms with E-state index in [-0.39, 0.29) is 11.2 Å². The highest BCUT2D eigenvalue weighted by Crippen LogP contribution is 2.36. The molecule has 3 N–H and O–H groups in total. The summed E-state index contributed by atoms with van der Waals surface area (Å²) < 4.78 is 0. The largest absolute Gasteiger partial charge is 0.399 e. The van der Waals surface area contributed by atoms with Crippen LogP contribution in [0.15, 0.2) is 83.8 Å². The second-order valence-corrected chi connectivity index (χ2v) is 7.02. The molecule has 0 saturated carbocycles. The van der Waals surface area contributed by atoms with Crippen molar-refractivity contribution in [2.45, 2.75) is 17.1 Å². The van der Waals surface area contributed by atoms with Crippen molar-refractivity contribution in [1.29, 1.82) is 0 Å². The Bertz CT molecular complexity index is 865. The van der Waals surface area contributed by atoms with E-state index in [1.54, 1.807) is 0 Å². The normalized spacial score (nSPS) is 11.7. The lowest BCUT2D eigenvalue weighted by molar-refractivity contribution is -0.115. The van der Waals surface area contributed by atoms with Gasteiger partial charge in [0.05, 0.1) is 0 Å². The number of amides is 1. The summed E-state index contributed by atoms with van der Waals surface area (Å²) in [6.45, 7) is 2.01. The highest BCUT2D eigenvalue weighted by atomic mass is 32.2. The molecule has 3 rings (SSSR count). The zero-order chi connectivity index (χ0) is 17.6. The van der Waals surface area contributed by atoms with E-state index in [0.717, 1.165) is 21.7 Å². The molecule has 0 spiro atoms. The highest BCUT2D eigenvalue weighted by Gasteiger charge is 2.22. The molecule has 0 saturated heterocycles. The Kier molecular flexibility index (Phi) is 5.41. The van der Waals surface area contributed by atoms with E-state index < -0.39 is 0 Å². The Hall–Kier alpha value is -2.72. The summed E-state index contributed by atoms with van der Waals surface area (Å²) in [6, 6.07) is 25.2. The quantitative estimate of drug-likeness (QED) is 0.501. The van der Waals surface area contributed by atoms with E-state index in [1.165, 1.54) is 11.8 Å². The van der Waals surface area contributed by atoms with Gasteiger partial charge < -0.3 is 11.1 Å². The van der Waals surface area contributed by atoms with E-state index in [4.69, 9.17) is 5.73 Å². The second-order valence-electron chi connectivity index (χ2n) is 5.84. The smallest absolute Gasteiger partial charge is 0.242 e. The van der Waals surface area contributed by atoms with Crippen LogP contribution in [0.2, 0.25) is 0 Å². The van der Waals surface area contributed by atoms with Crippen LogP contribution in [0.3, 0.4) is 0 Å². The molecule has 1 amide bonds. The molecule has 0 radical (unpaired) electrons. The van der Waals surface area contributed by atoms with Gasteiger partial charge in [-0.3, -0.25) is 4.79 Å². The summed E-state index contributed by atoms with van der Waals surface area (Å²) in [5, 5.41) is 2.67. The Morgan fingerprint density at radius 1 is 0.960 bits per heavy atom. The Balaban J connectivity index is 1.86. The minimum Gasteiger partial charge on any atom is -0.399 e. The summed E-state index contributed by atoms with van der Waals surface area (Å²) >= 11 is 1.50. The van der Waals surface area contributed by atoms with Gasteiger partial charge in [0.25, 0.3) is 0 Å². The molecule has 25 heavy (non-hydrogen) atoms. The number of rotatable bonds is 5. The molecule has 0 aliphatic heterocycles. The summed E-state index contributed by atoms with van der Waals surface area (Å²) in [7, 11) is 0. The molecule has 0 bridgehead atoms. The topological polar surface area (TPSA) is 55.1 Å². The molecule has 0 aromatic heterocycles. The first-order chi connectivity index (χ1) is 12.1. The predicted octanol–water partition coefficient (Wildman–Crippen LogP) is 5.05. The van der Waals surface area contributed by atoms with Gasteiger partial charge in [-0.1, -0.05) is 48.5 Å². The molecule has 0 aliphatic rings. The average Bonchev–Trinajstić information content (AvgIpc) is 2.60. The van der Waals surface area contributed by atoms with Gasteiger partial charge >= 0.3 is 0 Å². The van der Waals surface area contributed by atoms with E-state index in [1.807, 2.05) is 85.8 Å². The van der Waals surface area contributed by atoms with Crippen LogP contribution in [0.4, 0.5) is 11.4 Å². The maximum atomic E-state index is 13.0. The maximum absolute atomic E-state index is 13.0. The zero-order valence-electron chi connectivity index (χ0n) is 14.0. The molecule has 0 heterocycles. The number of anilines is 2. The molecule has 126 valence electrons. The molecule has 1 unspecified atom stereocenters. The van der Waals surface area contributed by atoms with Crippen LogP contribution in [0.25, 0.3) is 0 Å². The minimum atomic E-state index is -0.358. The number of hydrogen-bond donors (Lipinski definition) is 2. The average molecular weight is 348 g/mol. The number of benzene rings is 3. The number of thioether (sulfide) groups is 1. The lowest BCUT2D eigenvalue weighted by Gasteiger charge is -2.17. The van der Waals surface area contributed by atoms with Crippen molar-refractivity contribution in [1.82, 2.24) is 0 Å². The van der Waals surface area contributed by atoms with Gasteiger partial charge in [0.1, 0.15) is 5.25 Å². The third kappa shape index (κ3) is 4.64. The molecule has 0 aliphatic carbocycles. The monoisotopic (exact) mass is 348 g/mol. The van der Waals surface area contributed by atoms with E-state index in [9.17, 15) is 4.79 Å². The van der Waals surface area contributed by atoms with Gasteiger partial charge in [0.2, 0.25) is 5.91 Å². The van der Waals surface area contributed by atoms with Crippen molar-refractivity contribution in [3.8, 4) is 0 Å². The lowest BCUT2D eigenvalue weighted by atomic mass is 10.1. The third-order valence-electron chi connectivity index (χ3n) is 3.74. The van der Waals surface area contributed by atoms with Crippen molar-refractivity contribution >= 4 is 29.0 Å². The van der Waals surface area contributed by atoms with Crippen LogP contribution in [0, 0.1) is 6.92 Å². The molecular weight excluding hydrogens is 328 g/mol. The molecule has 4 heteroatoms. The second kappa shape index (κ2) is 7.90. The van der Waals surface area contributed by atoms with Crippen molar-refractivity contribution in [3.05, 3.63) is 90.0 Å². The van der Waals surface area contributed by atoms with Gasteiger partial charge in [-0.25, -0.2) is 0 Å². The summed E-state index contributed by atoms with van der Waals surface area (Å²) in [5.41, 5.74) is 9.44. The van der Waals surface area contributed by atoms with E-state index in [0.29, 0.717) is 5.69 Å². The van der Waals surface area contributed by atoms with Crippen LogP contribution < -0.4 is 11.1 Å². The zero-order valence-corrected chi connectivity index (χ0v) is 14.8. The molecule has 3 aromatic rings. The summed E-state index contributed by atoms with van der Waals surface area (Å²) in [4.78, 5) is 13.9. The fourth-order valence-electron chi connectivity index (χ4n) is 2.56. The SMILES string of the molecule is Cc1cccc(NC(=O)C(Sc2cccc(N)c2)c2ccccc2)c1. The van der Waals surface area contributed by atoms with Crippen LogP contribution in [0.5, 0.6) is 0 Å². The summed E-state index contributed by atoms with van der Waals surface area (Å²) in [5.74, 6) is -0.0516. The predicted molar refractivity (Wildman–Crippen MR) is 106 cm³/mol. The number of carbonyl (C=O) groups is 1. The standard InChI is InChI=1S/C21H20N2OS/c1-15-7-5-11-18(13-15)23-21(24)20(16-8-3-2-4-9-16)25-19-12-6-10-17(22)14-19/h2-14,20H,22H2,1H3,(H,23,24). The number of aryl methyl sites for hydroxylation is 1. The molecule has 0 fully saturated rings. The third-order valence-corrected chi connectivity index (χ3v) is 4.99. The minimum absolute atomic E-state index is 0.0516. The van der Waals surface area contributed by atoms with Crippen molar-refractivity contribution < 1.29 is 4.79 Å². The number of hydrogen-bond acceptors (Lipinski definition) is 3. The van der Waals surface area contributed by atoms with Crippen LogP contribution >= 0.6 is 11.8 Å². The van der Waals surface area contributed by atoms with Crippen molar-refractivity contribution in [2.24, 2.45) is 0 Å². The van der Waals surface area contributed by atoms with Crippen molar-refractivity contribution in [2.75, 3.05) is 11.1 Å². The fourth-order valence-corrected chi connectivity index (χ4v) is 3.65. The highest BCUT2D eigenvalue weighted by molar-refractivity contribution is 8.00. The molecular formula is C21H20N2OS.